The van der Waals surface area contributed by atoms with Crippen molar-refractivity contribution in [3.05, 3.63) is 66.0 Å². The summed E-state index contributed by atoms with van der Waals surface area (Å²) in [6.45, 7) is 1.76. The molecule has 0 bridgehead atoms. The molecule has 3 unspecified atom stereocenters. The van der Waals surface area contributed by atoms with E-state index in [1.807, 2.05) is 30.6 Å². The molecule has 2 aromatic rings. The maximum Gasteiger partial charge on any atom is 0.223 e. The van der Waals surface area contributed by atoms with Gasteiger partial charge in [0.1, 0.15) is 0 Å². The largest absolute Gasteiger partial charge is 0.338 e. The number of likely N-dealkylation sites (tertiary alicyclic amines) is 1. The first-order valence-electron chi connectivity index (χ1n) is 9.54. The molecule has 2 aliphatic heterocycles. The van der Waals surface area contributed by atoms with Crippen molar-refractivity contribution in [2.75, 3.05) is 13.1 Å². The van der Waals surface area contributed by atoms with Crippen LogP contribution in [-0.2, 0) is 11.2 Å². The van der Waals surface area contributed by atoms with E-state index in [0.717, 1.165) is 32.4 Å². The van der Waals surface area contributed by atoms with E-state index in [1.165, 1.54) is 11.1 Å². The highest BCUT2D eigenvalue weighted by Crippen LogP contribution is 2.31. The maximum atomic E-state index is 12.9. The van der Waals surface area contributed by atoms with Gasteiger partial charge in [-0.25, -0.2) is 0 Å². The topological polar surface area (TPSA) is 57.3 Å². The van der Waals surface area contributed by atoms with Crippen LogP contribution >= 0.6 is 0 Å². The fourth-order valence-corrected chi connectivity index (χ4v) is 4.33. The number of nitrogens with one attached hydrogen (secondary N) is 2. The molecule has 5 heteroatoms. The van der Waals surface area contributed by atoms with Gasteiger partial charge in [-0.1, -0.05) is 30.3 Å². The number of hydrogen-bond acceptors (Lipinski definition) is 4. The number of aromatic nitrogens is 1. The second-order valence-corrected chi connectivity index (χ2v) is 7.22. The third-order valence-corrected chi connectivity index (χ3v) is 5.66. The number of hydrogen-bond donors (Lipinski definition) is 2. The smallest absolute Gasteiger partial charge is 0.223 e. The number of carbonyl (C=O) groups excluding carboxylic acids is 1. The van der Waals surface area contributed by atoms with Crippen LogP contribution in [-0.4, -0.2) is 41.0 Å². The fraction of sp³-hybridized carbons (Fsp3) is 0.429. The van der Waals surface area contributed by atoms with Crippen molar-refractivity contribution in [1.29, 1.82) is 0 Å². The van der Waals surface area contributed by atoms with Gasteiger partial charge < -0.3 is 4.90 Å². The molecule has 0 spiro atoms. The van der Waals surface area contributed by atoms with Crippen LogP contribution in [0.4, 0.5) is 0 Å². The van der Waals surface area contributed by atoms with E-state index in [2.05, 4.69) is 45.0 Å². The molecular weight excluding hydrogens is 324 g/mol. The lowest BCUT2D eigenvalue weighted by atomic mass is 9.88. The molecular formula is C21H26N4O. The second-order valence-electron chi connectivity index (χ2n) is 7.22. The van der Waals surface area contributed by atoms with E-state index in [0.29, 0.717) is 12.3 Å². The quantitative estimate of drug-likeness (QED) is 0.869. The number of nitrogens with zero attached hydrogens (tertiary/aromatic N) is 2. The number of benzene rings is 1. The molecule has 2 fully saturated rings. The average molecular weight is 350 g/mol. The van der Waals surface area contributed by atoms with Gasteiger partial charge in [0.05, 0.1) is 0 Å². The monoisotopic (exact) mass is 350 g/mol. The number of amides is 1. The number of hydrazine groups is 1. The van der Waals surface area contributed by atoms with Gasteiger partial charge in [0.2, 0.25) is 5.91 Å². The first kappa shape index (κ1) is 17.2. The molecule has 26 heavy (non-hydrogen) atoms. The van der Waals surface area contributed by atoms with Crippen molar-refractivity contribution < 1.29 is 4.79 Å². The lowest BCUT2D eigenvalue weighted by molar-refractivity contribution is -0.132. The molecule has 1 amide bonds. The minimum atomic E-state index is 0.251. The Morgan fingerprint density at radius 1 is 1.15 bits per heavy atom. The Morgan fingerprint density at radius 3 is 2.77 bits per heavy atom. The molecule has 136 valence electrons. The predicted molar refractivity (Wildman–Crippen MR) is 101 cm³/mol. The van der Waals surface area contributed by atoms with E-state index in [9.17, 15) is 4.79 Å². The van der Waals surface area contributed by atoms with Gasteiger partial charge >= 0.3 is 0 Å². The summed E-state index contributed by atoms with van der Waals surface area (Å²) in [6.07, 6.45) is 7.25. The van der Waals surface area contributed by atoms with E-state index >= 15 is 0 Å². The van der Waals surface area contributed by atoms with Crippen molar-refractivity contribution in [3.63, 3.8) is 0 Å². The zero-order chi connectivity index (χ0) is 17.8. The summed E-state index contributed by atoms with van der Waals surface area (Å²) in [5.41, 5.74) is 9.26. The van der Waals surface area contributed by atoms with Gasteiger partial charge in [0.15, 0.2) is 0 Å². The molecule has 3 heterocycles. The SMILES string of the molecule is O=C(CCc1ccccc1)N1CCCC1C1NNCC1c1ccncc1. The van der Waals surface area contributed by atoms with E-state index in [1.54, 1.807) is 0 Å². The Bertz CT molecular complexity index is 721. The van der Waals surface area contributed by atoms with Crippen molar-refractivity contribution in [2.24, 2.45) is 0 Å². The van der Waals surface area contributed by atoms with Crippen LogP contribution in [0.5, 0.6) is 0 Å². The molecule has 1 aromatic carbocycles. The summed E-state index contributed by atoms with van der Waals surface area (Å²) in [4.78, 5) is 19.1. The number of carbonyl (C=O) groups is 1. The van der Waals surface area contributed by atoms with Crippen LogP contribution in [0.2, 0.25) is 0 Å². The molecule has 4 rings (SSSR count). The molecule has 1 aromatic heterocycles. The van der Waals surface area contributed by atoms with Crippen molar-refractivity contribution in [3.8, 4) is 0 Å². The normalized spacial score (nSPS) is 25.5. The van der Waals surface area contributed by atoms with E-state index in [4.69, 9.17) is 0 Å². The minimum absolute atomic E-state index is 0.251. The second kappa shape index (κ2) is 7.98. The van der Waals surface area contributed by atoms with Gasteiger partial charge in [-0.05, 0) is 42.5 Å². The van der Waals surface area contributed by atoms with Crippen LogP contribution in [0.15, 0.2) is 54.9 Å². The Morgan fingerprint density at radius 2 is 1.96 bits per heavy atom. The Hall–Kier alpha value is -2.24. The standard InChI is InChI=1S/C21H26N4O/c26-20(9-8-16-5-2-1-3-6-16)25-14-4-7-19(25)21-18(15-23-24-21)17-10-12-22-13-11-17/h1-3,5-6,10-13,18-19,21,23-24H,4,7-9,14-15H2. The summed E-state index contributed by atoms with van der Waals surface area (Å²) in [6, 6.07) is 14.9. The van der Waals surface area contributed by atoms with Crippen molar-refractivity contribution in [1.82, 2.24) is 20.7 Å². The van der Waals surface area contributed by atoms with Crippen LogP contribution in [0.1, 0.15) is 36.3 Å². The molecule has 2 saturated heterocycles. The minimum Gasteiger partial charge on any atom is -0.338 e. The number of pyridine rings is 1. The summed E-state index contributed by atoms with van der Waals surface area (Å²) < 4.78 is 0. The van der Waals surface area contributed by atoms with Gasteiger partial charge in [-0.2, -0.15) is 0 Å². The number of aryl methyl sites for hydroxylation is 1. The Labute approximate surface area is 154 Å². The lowest BCUT2D eigenvalue weighted by Crippen LogP contribution is -2.49. The van der Waals surface area contributed by atoms with Crippen LogP contribution in [0, 0.1) is 0 Å². The molecule has 5 nitrogen and oxygen atoms in total. The lowest BCUT2D eigenvalue weighted by Gasteiger charge is -2.32. The highest BCUT2D eigenvalue weighted by atomic mass is 16.2. The Kier molecular flexibility index (Phi) is 5.27. The van der Waals surface area contributed by atoms with Gasteiger partial charge in [0.25, 0.3) is 0 Å². The summed E-state index contributed by atoms with van der Waals surface area (Å²) in [5.74, 6) is 0.643. The molecule has 0 radical (unpaired) electrons. The molecule has 2 aliphatic rings. The molecule has 0 saturated carbocycles. The first-order chi connectivity index (χ1) is 12.8. The zero-order valence-corrected chi connectivity index (χ0v) is 15.0. The van der Waals surface area contributed by atoms with Gasteiger partial charge in [0, 0.05) is 49.9 Å². The van der Waals surface area contributed by atoms with Crippen LogP contribution in [0.25, 0.3) is 0 Å². The average Bonchev–Trinajstić information content (AvgIpc) is 3.36. The van der Waals surface area contributed by atoms with Crippen molar-refractivity contribution in [2.45, 2.75) is 43.7 Å². The fourth-order valence-electron chi connectivity index (χ4n) is 4.33. The summed E-state index contributed by atoms with van der Waals surface area (Å²) >= 11 is 0. The van der Waals surface area contributed by atoms with Gasteiger partial charge in [-0.3, -0.25) is 20.6 Å². The predicted octanol–water partition coefficient (Wildman–Crippen LogP) is 2.27. The number of rotatable bonds is 5. The van der Waals surface area contributed by atoms with Crippen molar-refractivity contribution >= 4 is 5.91 Å². The molecule has 2 N–H and O–H groups in total. The maximum absolute atomic E-state index is 12.9. The van der Waals surface area contributed by atoms with E-state index in [-0.39, 0.29) is 18.0 Å². The van der Waals surface area contributed by atoms with Crippen LogP contribution in [0.3, 0.4) is 0 Å². The van der Waals surface area contributed by atoms with Crippen LogP contribution < -0.4 is 10.9 Å². The van der Waals surface area contributed by atoms with Gasteiger partial charge in [-0.15, -0.1) is 0 Å². The third kappa shape index (κ3) is 3.64. The summed E-state index contributed by atoms with van der Waals surface area (Å²) in [5, 5.41) is 0. The zero-order valence-electron chi connectivity index (χ0n) is 15.0. The highest BCUT2D eigenvalue weighted by Gasteiger charge is 2.41. The Balaban J connectivity index is 1.43. The highest BCUT2D eigenvalue weighted by molar-refractivity contribution is 5.77. The summed E-state index contributed by atoms with van der Waals surface area (Å²) in [7, 11) is 0. The molecule has 0 aliphatic carbocycles. The first-order valence-corrected chi connectivity index (χ1v) is 9.54. The third-order valence-electron chi connectivity index (χ3n) is 5.66. The van der Waals surface area contributed by atoms with E-state index < -0.39 is 0 Å². The molecule has 3 atom stereocenters.